The number of carbonyl (C=O) groups is 10. The predicted molar refractivity (Wildman–Crippen MR) is 460 cm³/mol. The van der Waals surface area contributed by atoms with Crippen molar-refractivity contribution in [2.24, 2.45) is 40.1 Å². The Kier molecular flexibility index (Phi) is 40.6. The fraction of sp³-hybridized carbons (Fsp3) is 0.554. The summed E-state index contributed by atoms with van der Waals surface area (Å²) in [4.78, 5) is 231. The molecule has 0 aliphatic rings. The average molecular weight is 1740 g/mol. The first-order valence-corrected chi connectivity index (χ1v) is 40.5. The number of Topliss-reactive ketones (excluding diaryl/α,β-unsaturated/α-hetero) is 2. The van der Waals surface area contributed by atoms with Crippen molar-refractivity contribution in [1.29, 1.82) is 16.2 Å². The van der Waals surface area contributed by atoms with Gasteiger partial charge in [-0.25, -0.2) is 9.59 Å². The monoisotopic (exact) mass is 1740 g/mol. The molecule has 6 aromatic rings. The van der Waals surface area contributed by atoms with Crippen LogP contribution in [0.4, 0.5) is 17.7 Å². The van der Waals surface area contributed by atoms with Crippen molar-refractivity contribution in [3.8, 4) is 0 Å². The van der Waals surface area contributed by atoms with Gasteiger partial charge in [-0.1, -0.05) is 19.3 Å². The van der Waals surface area contributed by atoms with Gasteiger partial charge in [0, 0.05) is 101 Å². The van der Waals surface area contributed by atoms with Gasteiger partial charge in [-0.05, 0) is 115 Å². The molecule has 680 valence electrons. The van der Waals surface area contributed by atoms with Crippen molar-refractivity contribution in [2.45, 2.75) is 160 Å². The molecule has 5 atom stereocenters. The largest absolute Gasteiger partial charge is 0.383 e. The lowest BCUT2D eigenvalue weighted by molar-refractivity contribution is -0.138. The number of nitrogens with zero attached hydrogens (tertiary/aromatic N) is 11. The van der Waals surface area contributed by atoms with Crippen LogP contribution in [0.3, 0.4) is 0 Å². The third-order valence-electron chi connectivity index (χ3n) is 19.8. The van der Waals surface area contributed by atoms with Crippen LogP contribution in [0, 0.1) is 23.2 Å². The van der Waals surface area contributed by atoms with E-state index in [-0.39, 0.29) is 128 Å². The molecule has 6 heterocycles. The zero-order chi connectivity index (χ0) is 91.1. The lowest BCUT2D eigenvalue weighted by Gasteiger charge is -2.30. The molecule has 0 bridgehead atoms. The van der Waals surface area contributed by atoms with Crippen molar-refractivity contribution >= 4 is 116 Å². The first kappa shape index (κ1) is 99.3. The normalized spacial score (nSPS) is 12.4. The Hall–Kier alpha value is -13.5. The van der Waals surface area contributed by atoms with Gasteiger partial charge in [0.15, 0.2) is 29.4 Å². The molecule has 0 radical (unpaired) electrons. The fourth-order valence-corrected chi connectivity index (χ4v) is 13.3. The lowest BCUT2D eigenvalue weighted by Crippen LogP contribution is -2.53. The number of aryl methyl sites for hydroxylation is 1. The van der Waals surface area contributed by atoms with Crippen molar-refractivity contribution < 1.29 is 47.9 Å². The summed E-state index contributed by atoms with van der Waals surface area (Å²) >= 11 is 0. The van der Waals surface area contributed by atoms with Crippen LogP contribution < -0.4 is 128 Å². The third-order valence-corrected chi connectivity index (χ3v) is 19.8. The van der Waals surface area contributed by atoms with Gasteiger partial charge < -0.3 is 123 Å². The second-order valence-electron chi connectivity index (χ2n) is 29.9. The summed E-state index contributed by atoms with van der Waals surface area (Å²) < 4.78 is 4.49. The highest BCUT2D eigenvalue weighted by atomic mass is 16.2. The molecule has 50 nitrogen and oxygen atoms in total. The molecule has 0 aromatic carbocycles. The number of nitrogens with two attached hydrogens (primary N) is 10. The molecule has 124 heavy (non-hydrogen) atoms. The maximum Gasteiger partial charge on any atom is 0.349 e. The van der Waals surface area contributed by atoms with Crippen LogP contribution in [0.25, 0.3) is 22.1 Å². The SMILES string of the molecule is Cc1cn(CC(=O)N(CCNC(=O)CN(C[C@H](CCCCNC(=N)N)NCC(=O)CN(C[C@H](CCCCNC(=N)N)NC(=O)[C@@H](N)CCCCN)C(=O)Cn2ccc3c(=O)[nH]c(N)nc32)C(=O)Cn2ccc(N)nc2=O)CC(=O)N[C@@H](CCCCNC(=N)N)CN(CC(=O)CN[C@@H](CCCCN)C(N)=O)C(=O)Cn2ccc3c(=O)[nH]c(N)nc32)c(=O)[nH]c1=O. The number of aromatic amines is 3. The summed E-state index contributed by atoms with van der Waals surface area (Å²) in [6.45, 7) is -5.53. The second-order valence-corrected chi connectivity index (χ2v) is 29.9. The molecule has 0 saturated heterocycles. The highest BCUT2D eigenvalue weighted by molar-refractivity contribution is 5.91. The molecule has 0 fully saturated rings. The van der Waals surface area contributed by atoms with Gasteiger partial charge in [-0.15, -0.1) is 0 Å². The molecular weight excluding hydrogens is 1620 g/mol. The molecular formula is C74H119N35O15. The number of hydrogen-bond acceptors (Lipinski definition) is 29. The number of primary amides is 1. The maximum atomic E-state index is 14.8. The predicted octanol–water partition coefficient (Wildman–Crippen LogP) is -9.19. The number of nitrogens with one attached hydrogen (secondary N) is 14. The van der Waals surface area contributed by atoms with E-state index in [1.807, 2.05) is 0 Å². The van der Waals surface area contributed by atoms with Gasteiger partial charge in [-0.3, -0.25) is 108 Å². The number of rotatable bonds is 58. The number of nitrogen functional groups attached to an aromatic ring is 3. The number of anilines is 3. The molecule has 8 amide bonds. The minimum Gasteiger partial charge on any atom is -0.383 e. The minimum atomic E-state index is -1.06. The number of fused-ring (bicyclic) bond motifs is 2. The minimum absolute atomic E-state index is 0.0241. The molecule has 6 rings (SSSR count). The highest BCUT2D eigenvalue weighted by Crippen LogP contribution is 2.16. The van der Waals surface area contributed by atoms with Crippen LogP contribution in [-0.4, -0.2) is 279 Å². The number of unbranched alkanes of at least 4 members (excludes halogenated alkanes) is 5. The smallest absolute Gasteiger partial charge is 0.349 e. The quantitative estimate of drug-likeness (QED) is 0.00958. The van der Waals surface area contributed by atoms with Crippen LogP contribution in [0.15, 0.2) is 67.0 Å². The first-order chi connectivity index (χ1) is 59.0. The van der Waals surface area contributed by atoms with Crippen LogP contribution in [0.5, 0.6) is 0 Å². The lowest BCUT2D eigenvalue weighted by atomic mass is 10.1. The van der Waals surface area contributed by atoms with Crippen LogP contribution in [0.2, 0.25) is 0 Å². The fourth-order valence-electron chi connectivity index (χ4n) is 13.3. The van der Waals surface area contributed by atoms with E-state index in [0.29, 0.717) is 77.4 Å². The Balaban J connectivity index is 1.31. The number of guanidine groups is 3. The van der Waals surface area contributed by atoms with Gasteiger partial charge in [0.25, 0.3) is 16.7 Å². The summed E-state index contributed by atoms with van der Waals surface area (Å²) in [6.07, 6.45) is 10.5. The Morgan fingerprint density at radius 1 is 0.468 bits per heavy atom. The first-order valence-electron chi connectivity index (χ1n) is 40.5. The molecule has 0 aliphatic carbocycles. The van der Waals surface area contributed by atoms with Crippen molar-refractivity contribution in [2.75, 3.05) is 122 Å². The summed E-state index contributed by atoms with van der Waals surface area (Å²) in [5.74, 6) is -9.00. The molecule has 0 saturated carbocycles. The topological polar surface area (TPSA) is 803 Å². The van der Waals surface area contributed by atoms with E-state index >= 15 is 0 Å². The van der Waals surface area contributed by atoms with Gasteiger partial charge in [0.2, 0.25) is 59.2 Å². The summed E-state index contributed by atoms with van der Waals surface area (Å²) in [5, 5.41) is 45.8. The van der Waals surface area contributed by atoms with Crippen molar-refractivity contribution in [3.63, 3.8) is 0 Å². The number of amides is 8. The van der Waals surface area contributed by atoms with E-state index in [9.17, 15) is 71.9 Å². The van der Waals surface area contributed by atoms with E-state index in [1.54, 1.807) is 0 Å². The van der Waals surface area contributed by atoms with Crippen LogP contribution in [0.1, 0.15) is 102 Å². The number of carbonyl (C=O) groups excluding carboxylic acids is 10. The van der Waals surface area contributed by atoms with Gasteiger partial charge >= 0.3 is 11.4 Å². The summed E-state index contributed by atoms with van der Waals surface area (Å²) in [7, 11) is 0. The zero-order valence-electron chi connectivity index (χ0n) is 69.5. The maximum absolute atomic E-state index is 14.8. The molecule has 0 unspecified atom stereocenters. The van der Waals surface area contributed by atoms with Gasteiger partial charge in [0.05, 0.1) is 62.1 Å². The number of ketones is 2. The molecule has 34 N–H and O–H groups in total. The Morgan fingerprint density at radius 3 is 1.40 bits per heavy atom. The molecule has 0 aliphatic heterocycles. The van der Waals surface area contributed by atoms with E-state index in [1.165, 1.54) is 57.7 Å². The van der Waals surface area contributed by atoms with E-state index in [4.69, 9.17) is 73.6 Å². The summed E-state index contributed by atoms with van der Waals surface area (Å²) in [5.41, 5.74) is 53.9. The van der Waals surface area contributed by atoms with E-state index < -0.39 is 202 Å². The zero-order valence-corrected chi connectivity index (χ0v) is 69.5. The molecule has 6 aromatic heterocycles. The molecule has 0 spiro atoms. The number of hydrogen-bond donors (Lipinski definition) is 24. The van der Waals surface area contributed by atoms with Crippen LogP contribution >= 0.6 is 0 Å². The number of H-pyrrole nitrogens is 3. The third kappa shape index (κ3) is 34.2. The Morgan fingerprint density at radius 2 is 0.903 bits per heavy atom. The highest BCUT2D eigenvalue weighted by Gasteiger charge is 2.31. The van der Waals surface area contributed by atoms with Crippen molar-refractivity contribution in [3.05, 3.63) is 101 Å². The Labute approximate surface area is 710 Å². The van der Waals surface area contributed by atoms with E-state index in [0.717, 1.165) is 30.0 Å². The van der Waals surface area contributed by atoms with Crippen molar-refractivity contribution in [1.82, 2.24) is 110 Å². The van der Waals surface area contributed by atoms with Gasteiger partial charge in [-0.2, -0.15) is 15.0 Å². The number of aromatic nitrogens is 10. The Bertz CT molecular complexity index is 4990. The average Bonchev–Trinajstić information content (AvgIpc) is 1.65. The van der Waals surface area contributed by atoms with E-state index in [2.05, 4.69) is 72.4 Å². The summed E-state index contributed by atoms with van der Waals surface area (Å²) in [6, 6.07) is -0.623. The molecule has 50 heteroatoms. The van der Waals surface area contributed by atoms with Crippen LogP contribution in [-0.2, 0) is 74.1 Å². The second kappa shape index (κ2) is 50.7. The van der Waals surface area contributed by atoms with Gasteiger partial charge in [0.1, 0.15) is 43.3 Å². The standard InChI is InChI=1S/C74H119N35O15/c1-44-32-109(74(124)101-64(44)119)43-57(114)102(39-56(113)94-46(13-5-10-23-90-69(82)83)34-106(37-49(111)31-93-53(61(79)118)16-3-8-21-76)58(115)40-103-26-17-50-62(103)97-71(86)99-65(50)120)29-25-88-55(112)38-108(60(117)42-105-28-19-54(78)96-73(105)123)33-45(12-4-9-22-89-68(80)81)92-30-48(110)36-107(59(116)41-104-27-18-51-63(104)98-72(87)100-66(51)121)35-47(14-6-11-24-91-70(84)85)95-67(122)52(77)15-2-7-20-75/h17-19,26-28,32,45-47,52-53,92-93H,2-16,20-25,29-31,33-43,75-77H2,1H3,(H2,79,118)(H,88,112)(H,94,113)(H,95,122)(H2,78,96,123)(H4,80,81,89)(H4,82,83,90)(H4,84,85,91)(H,101,119,124)(H3,86,97,99,120)(H3,87,98,100,121)/t45-,46-,47-,52-,53-/m0/s1.